The molecule has 4 nitrogen and oxygen atoms in total. The molecule has 0 radical (unpaired) electrons. The normalized spacial score (nSPS) is 11.3. The molecule has 0 aliphatic rings. The highest BCUT2D eigenvalue weighted by Gasteiger charge is 2.15. The predicted octanol–water partition coefficient (Wildman–Crippen LogP) is 0.895. The lowest BCUT2D eigenvalue weighted by Crippen LogP contribution is -2.21. The van der Waals surface area contributed by atoms with E-state index in [0.29, 0.717) is 0 Å². The van der Waals surface area contributed by atoms with E-state index in [1.807, 2.05) is 24.4 Å². The first-order chi connectivity index (χ1) is 5.95. The van der Waals surface area contributed by atoms with E-state index < -0.39 is 0 Å². The number of hydrogen-bond acceptors (Lipinski definition) is 2. The van der Waals surface area contributed by atoms with E-state index in [4.69, 9.17) is 4.52 Å². The molecule has 0 spiro atoms. The molecule has 0 amide bonds. The van der Waals surface area contributed by atoms with Gasteiger partial charge in [0.1, 0.15) is 10.1 Å². The van der Waals surface area contributed by atoms with Crippen molar-refractivity contribution in [2.75, 3.05) is 0 Å². The first kappa shape index (κ1) is 5.77. The van der Waals surface area contributed by atoms with Crippen LogP contribution in [0.4, 0.5) is 0 Å². The second kappa shape index (κ2) is 1.85. The van der Waals surface area contributed by atoms with Crippen LogP contribution in [0.2, 0.25) is 0 Å². The van der Waals surface area contributed by atoms with Gasteiger partial charge in [0.15, 0.2) is 0 Å². The van der Waals surface area contributed by atoms with Crippen LogP contribution in [0.5, 0.6) is 0 Å². The second-order valence-electron chi connectivity index (χ2n) is 2.59. The van der Waals surface area contributed by atoms with Crippen LogP contribution in [0.25, 0.3) is 16.6 Å². The summed E-state index contributed by atoms with van der Waals surface area (Å²) < 4.78 is 6.84. The van der Waals surface area contributed by atoms with Gasteiger partial charge in [0.05, 0.1) is 6.20 Å². The number of fused-ring (bicyclic) bond motifs is 3. The van der Waals surface area contributed by atoms with Gasteiger partial charge in [-0.15, -0.1) is 0 Å². The lowest BCUT2D eigenvalue weighted by Gasteiger charge is -1.72. The number of aromatic amines is 1. The van der Waals surface area contributed by atoms with Crippen LogP contribution in [0, 0.1) is 0 Å². The summed E-state index contributed by atoms with van der Waals surface area (Å²) in [5, 5.41) is 5.08. The number of hydrogen-bond donors (Lipinski definition) is 1. The van der Waals surface area contributed by atoms with Crippen molar-refractivity contribution in [1.82, 2.24) is 10.1 Å². The molecule has 0 fully saturated rings. The zero-order chi connectivity index (χ0) is 7.97. The monoisotopic (exact) mass is 160 g/mol. The van der Waals surface area contributed by atoms with Gasteiger partial charge in [-0.05, 0) is 12.1 Å². The Morgan fingerprint density at radius 3 is 3.42 bits per heavy atom. The number of rotatable bonds is 0. The summed E-state index contributed by atoms with van der Waals surface area (Å²) in [6.07, 6.45) is 3.54. The average molecular weight is 160 g/mol. The third kappa shape index (κ3) is 0.567. The highest BCUT2D eigenvalue weighted by atomic mass is 16.5. The van der Waals surface area contributed by atoms with Crippen molar-refractivity contribution >= 4 is 16.6 Å². The van der Waals surface area contributed by atoms with Crippen LogP contribution in [0.3, 0.4) is 0 Å². The van der Waals surface area contributed by atoms with Gasteiger partial charge in [0.2, 0.25) is 0 Å². The molecular weight excluding hydrogens is 154 g/mol. The summed E-state index contributed by atoms with van der Waals surface area (Å²) in [6, 6.07) is 5.82. The van der Waals surface area contributed by atoms with Crippen molar-refractivity contribution in [1.29, 1.82) is 0 Å². The molecule has 4 heteroatoms. The lowest BCUT2D eigenvalue weighted by molar-refractivity contribution is -0.765. The Kier molecular flexibility index (Phi) is 0.889. The summed E-state index contributed by atoms with van der Waals surface area (Å²) in [4.78, 5) is 2.98. The molecule has 3 heterocycles. The minimum atomic E-state index is 0.758. The van der Waals surface area contributed by atoms with E-state index in [1.54, 1.807) is 6.20 Å². The fraction of sp³-hybridized carbons (Fsp3) is 0. The van der Waals surface area contributed by atoms with Crippen molar-refractivity contribution in [2.45, 2.75) is 0 Å². The molecule has 0 aliphatic heterocycles. The Labute approximate surface area is 67.4 Å². The van der Waals surface area contributed by atoms with Crippen LogP contribution in [0.1, 0.15) is 0 Å². The maximum Gasteiger partial charge on any atom is 0.303 e. The Morgan fingerprint density at radius 2 is 2.42 bits per heavy atom. The molecule has 3 aromatic rings. The molecule has 12 heavy (non-hydrogen) atoms. The Bertz CT molecular complexity index is 536. The van der Waals surface area contributed by atoms with Crippen molar-refractivity contribution in [2.24, 2.45) is 0 Å². The highest BCUT2D eigenvalue weighted by molar-refractivity contribution is 5.87. The molecule has 58 valence electrons. The predicted molar refractivity (Wildman–Crippen MR) is 41.5 cm³/mol. The summed E-state index contributed by atoms with van der Waals surface area (Å²) in [5.74, 6) is 0. The zero-order valence-electron chi connectivity index (χ0n) is 6.19. The lowest BCUT2D eigenvalue weighted by atomic mass is 10.3. The molecule has 3 rings (SSSR count). The number of nitrogens with one attached hydrogen (secondary N) is 1. The smallest absolute Gasteiger partial charge is 0.303 e. The number of nitrogens with zero attached hydrogens (tertiary/aromatic N) is 2. The van der Waals surface area contributed by atoms with Gasteiger partial charge in [0, 0.05) is 17.4 Å². The Balaban J connectivity index is 2.68. The van der Waals surface area contributed by atoms with Crippen LogP contribution in [-0.2, 0) is 0 Å². The van der Waals surface area contributed by atoms with E-state index in [2.05, 4.69) is 10.1 Å². The summed E-state index contributed by atoms with van der Waals surface area (Å²) >= 11 is 0. The molecule has 0 atom stereocenters. The van der Waals surface area contributed by atoms with Crippen LogP contribution in [0.15, 0.2) is 35.1 Å². The standard InChI is InChI=1S/C8H5N3O/c1-2-7-6-3-5-9-8(6)12-11(7)10-4-1/h1-5H/p+1. The van der Waals surface area contributed by atoms with E-state index in [0.717, 1.165) is 16.6 Å². The largest absolute Gasteiger partial charge is 0.326 e. The first-order valence-corrected chi connectivity index (χ1v) is 3.68. The van der Waals surface area contributed by atoms with E-state index >= 15 is 0 Å². The molecule has 0 bridgehead atoms. The van der Waals surface area contributed by atoms with Crippen molar-refractivity contribution < 1.29 is 9.21 Å². The highest BCUT2D eigenvalue weighted by Crippen LogP contribution is 2.14. The van der Waals surface area contributed by atoms with E-state index in [-0.39, 0.29) is 0 Å². The fourth-order valence-corrected chi connectivity index (χ4v) is 1.34. The zero-order valence-corrected chi connectivity index (χ0v) is 6.19. The minimum Gasteiger partial charge on any atom is -0.326 e. The van der Waals surface area contributed by atoms with Gasteiger partial charge in [0.25, 0.3) is 5.71 Å². The van der Waals surface area contributed by atoms with Crippen LogP contribution < -0.4 is 4.69 Å². The van der Waals surface area contributed by atoms with Gasteiger partial charge in [-0.25, -0.2) is 0 Å². The number of aromatic nitrogens is 3. The second-order valence-corrected chi connectivity index (χ2v) is 2.59. The van der Waals surface area contributed by atoms with Crippen LogP contribution in [-0.4, -0.2) is 10.1 Å². The van der Waals surface area contributed by atoms with Crippen LogP contribution >= 0.6 is 0 Å². The summed E-state index contributed by atoms with van der Waals surface area (Å²) in [5.41, 5.74) is 1.74. The molecule has 1 N–H and O–H groups in total. The molecule has 0 aliphatic carbocycles. The molecule has 0 unspecified atom stereocenters. The molecule has 3 aromatic heterocycles. The maximum absolute atomic E-state index is 5.34. The van der Waals surface area contributed by atoms with Gasteiger partial charge in [-0.3, -0.25) is 0 Å². The Morgan fingerprint density at radius 1 is 1.42 bits per heavy atom. The van der Waals surface area contributed by atoms with Gasteiger partial charge >= 0.3 is 5.52 Å². The third-order valence-electron chi connectivity index (χ3n) is 1.88. The number of H-pyrrole nitrogens is 1. The van der Waals surface area contributed by atoms with Gasteiger partial charge in [-0.1, -0.05) is 0 Å². The molecule has 0 saturated heterocycles. The quantitative estimate of drug-likeness (QED) is 0.496. The Hall–Kier alpha value is -1.84. The van der Waals surface area contributed by atoms with E-state index in [9.17, 15) is 0 Å². The SMILES string of the molecule is c1cn[n+]2oc3[nH]ccc3c2c1. The van der Waals surface area contributed by atoms with E-state index in [1.165, 1.54) is 4.69 Å². The maximum atomic E-state index is 5.34. The van der Waals surface area contributed by atoms with Gasteiger partial charge in [-0.2, -0.15) is 4.52 Å². The topological polar surface area (TPSA) is 45.9 Å². The molecule has 0 aromatic carbocycles. The minimum absolute atomic E-state index is 0.758. The van der Waals surface area contributed by atoms with Gasteiger partial charge < -0.3 is 4.98 Å². The average Bonchev–Trinajstić information content (AvgIpc) is 2.62. The first-order valence-electron chi connectivity index (χ1n) is 3.68. The van der Waals surface area contributed by atoms with Crippen molar-refractivity contribution in [3.63, 3.8) is 0 Å². The molecular formula is C8H6N3O+. The fourth-order valence-electron chi connectivity index (χ4n) is 1.34. The summed E-state index contributed by atoms with van der Waals surface area (Å²) in [7, 11) is 0. The third-order valence-corrected chi connectivity index (χ3v) is 1.88. The molecule has 0 saturated carbocycles. The van der Waals surface area contributed by atoms with Crippen molar-refractivity contribution in [3.05, 3.63) is 30.6 Å². The summed E-state index contributed by atoms with van der Waals surface area (Å²) in [6.45, 7) is 0. The van der Waals surface area contributed by atoms with Crippen molar-refractivity contribution in [3.8, 4) is 0 Å².